The number of methoxy groups -OCH3 is 1. The lowest BCUT2D eigenvalue weighted by Gasteiger charge is -2.40. The van der Waals surface area contributed by atoms with E-state index in [-0.39, 0.29) is 5.91 Å². The lowest BCUT2D eigenvalue weighted by atomic mass is 10.0. The molecular formula is C15H20N2O4. The first-order valence-electron chi connectivity index (χ1n) is 6.75. The van der Waals surface area contributed by atoms with Crippen LogP contribution in [0.3, 0.4) is 0 Å². The molecule has 0 spiro atoms. The number of hydrogen-bond acceptors (Lipinski definition) is 5. The first kappa shape index (κ1) is 15.3. The Labute approximate surface area is 123 Å². The van der Waals surface area contributed by atoms with Gasteiger partial charge in [-0.1, -0.05) is 6.07 Å². The molecule has 114 valence electrons. The van der Waals surface area contributed by atoms with Crippen molar-refractivity contribution in [3.05, 3.63) is 23.8 Å². The van der Waals surface area contributed by atoms with Crippen molar-refractivity contribution in [3.8, 4) is 5.75 Å². The van der Waals surface area contributed by atoms with Crippen LogP contribution >= 0.6 is 0 Å². The van der Waals surface area contributed by atoms with E-state index in [1.807, 2.05) is 6.07 Å². The molecule has 1 aromatic carbocycles. The molecule has 2 rings (SSSR count). The van der Waals surface area contributed by atoms with E-state index in [9.17, 15) is 9.59 Å². The molecule has 6 nitrogen and oxygen atoms in total. The zero-order valence-electron chi connectivity index (χ0n) is 12.7. The van der Waals surface area contributed by atoms with Crippen molar-refractivity contribution in [2.24, 2.45) is 5.73 Å². The molecule has 2 N–H and O–H groups in total. The molecular weight excluding hydrogens is 272 g/mol. The fraction of sp³-hybridized carbons (Fsp3) is 0.467. The SMILES string of the molecule is COC(=O)C(C)N1C(=O)C(C)(C)Oc2cc(CN)ccc21. The summed E-state index contributed by atoms with van der Waals surface area (Å²) in [6.07, 6.45) is 0. The van der Waals surface area contributed by atoms with Crippen LogP contribution in [-0.2, 0) is 20.9 Å². The molecule has 1 amide bonds. The molecule has 6 heteroatoms. The van der Waals surface area contributed by atoms with E-state index in [0.29, 0.717) is 18.0 Å². The van der Waals surface area contributed by atoms with Crippen molar-refractivity contribution >= 4 is 17.6 Å². The third kappa shape index (κ3) is 2.58. The van der Waals surface area contributed by atoms with E-state index in [0.717, 1.165) is 5.56 Å². The summed E-state index contributed by atoms with van der Waals surface area (Å²) >= 11 is 0. The minimum atomic E-state index is -1.05. The Morgan fingerprint density at radius 2 is 2.14 bits per heavy atom. The Bertz CT molecular complexity index is 583. The van der Waals surface area contributed by atoms with Gasteiger partial charge in [-0.05, 0) is 38.5 Å². The van der Waals surface area contributed by atoms with E-state index >= 15 is 0 Å². The number of nitrogens with zero attached hydrogens (tertiary/aromatic N) is 1. The van der Waals surface area contributed by atoms with Gasteiger partial charge < -0.3 is 15.2 Å². The fourth-order valence-electron chi connectivity index (χ4n) is 2.34. The van der Waals surface area contributed by atoms with Gasteiger partial charge in [-0.3, -0.25) is 9.69 Å². The van der Waals surface area contributed by atoms with Gasteiger partial charge >= 0.3 is 5.97 Å². The number of nitrogens with two attached hydrogens (primary N) is 1. The van der Waals surface area contributed by atoms with Crippen LogP contribution in [0.4, 0.5) is 5.69 Å². The number of amides is 1. The van der Waals surface area contributed by atoms with Crippen molar-refractivity contribution < 1.29 is 19.1 Å². The molecule has 1 heterocycles. The van der Waals surface area contributed by atoms with Gasteiger partial charge in [-0.15, -0.1) is 0 Å². The molecule has 0 fully saturated rings. The standard InChI is InChI=1S/C15H20N2O4/c1-9(13(18)20-4)17-11-6-5-10(8-16)7-12(11)21-15(2,3)14(17)19/h5-7,9H,8,16H2,1-4H3. The third-order valence-corrected chi connectivity index (χ3v) is 3.55. The number of fused-ring (bicyclic) bond motifs is 1. The van der Waals surface area contributed by atoms with E-state index in [1.54, 1.807) is 32.9 Å². The van der Waals surface area contributed by atoms with Crippen LogP contribution in [-0.4, -0.2) is 30.6 Å². The number of anilines is 1. The summed E-state index contributed by atoms with van der Waals surface area (Å²) in [7, 11) is 1.30. The van der Waals surface area contributed by atoms with Gasteiger partial charge in [-0.25, -0.2) is 4.79 Å². The average Bonchev–Trinajstić information content (AvgIpc) is 2.46. The smallest absolute Gasteiger partial charge is 0.328 e. The highest BCUT2D eigenvalue weighted by Crippen LogP contribution is 2.39. The third-order valence-electron chi connectivity index (χ3n) is 3.55. The highest BCUT2D eigenvalue weighted by atomic mass is 16.5. The minimum absolute atomic E-state index is 0.284. The zero-order chi connectivity index (χ0) is 15.8. The Hall–Kier alpha value is -2.08. The first-order chi connectivity index (χ1) is 9.81. The Kier molecular flexibility index (Phi) is 3.91. The molecule has 0 saturated carbocycles. The largest absolute Gasteiger partial charge is 0.476 e. The van der Waals surface area contributed by atoms with Crippen molar-refractivity contribution in [3.63, 3.8) is 0 Å². The van der Waals surface area contributed by atoms with Gasteiger partial charge in [0.1, 0.15) is 11.8 Å². The predicted octanol–water partition coefficient (Wildman–Crippen LogP) is 1.21. The Balaban J connectivity index is 2.54. The second-order valence-electron chi connectivity index (χ2n) is 5.49. The number of benzene rings is 1. The molecule has 1 unspecified atom stereocenters. The van der Waals surface area contributed by atoms with Gasteiger partial charge in [0, 0.05) is 6.54 Å². The van der Waals surface area contributed by atoms with Crippen LogP contribution in [0, 0.1) is 0 Å². The van der Waals surface area contributed by atoms with Gasteiger partial charge in [0.05, 0.1) is 12.8 Å². The molecule has 1 aromatic rings. The highest BCUT2D eigenvalue weighted by molar-refractivity contribution is 6.06. The van der Waals surface area contributed by atoms with Crippen LogP contribution in [0.2, 0.25) is 0 Å². The lowest BCUT2D eigenvalue weighted by molar-refractivity contribution is -0.145. The van der Waals surface area contributed by atoms with Crippen molar-refractivity contribution in [2.75, 3.05) is 12.0 Å². The number of ether oxygens (including phenoxy) is 2. The number of carbonyl (C=O) groups excluding carboxylic acids is 2. The quantitative estimate of drug-likeness (QED) is 0.847. The molecule has 0 aliphatic carbocycles. The van der Waals surface area contributed by atoms with Gasteiger partial charge in [0.15, 0.2) is 5.60 Å². The van der Waals surface area contributed by atoms with Crippen LogP contribution in [0.25, 0.3) is 0 Å². The topological polar surface area (TPSA) is 81.9 Å². The van der Waals surface area contributed by atoms with Crippen LogP contribution in [0.5, 0.6) is 5.75 Å². The summed E-state index contributed by atoms with van der Waals surface area (Å²) < 4.78 is 10.5. The maximum absolute atomic E-state index is 12.6. The van der Waals surface area contributed by atoms with E-state index < -0.39 is 17.6 Å². The van der Waals surface area contributed by atoms with Gasteiger partial charge in [0.2, 0.25) is 0 Å². The van der Waals surface area contributed by atoms with Crippen LogP contribution in [0.1, 0.15) is 26.3 Å². The minimum Gasteiger partial charge on any atom is -0.476 e. The van der Waals surface area contributed by atoms with Gasteiger partial charge in [-0.2, -0.15) is 0 Å². The van der Waals surface area contributed by atoms with Crippen molar-refractivity contribution in [2.45, 2.75) is 39.0 Å². The van der Waals surface area contributed by atoms with Crippen LogP contribution < -0.4 is 15.4 Å². The number of rotatable bonds is 3. The van der Waals surface area contributed by atoms with Crippen molar-refractivity contribution in [1.29, 1.82) is 0 Å². The number of esters is 1. The highest BCUT2D eigenvalue weighted by Gasteiger charge is 2.44. The normalized spacial score (nSPS) is 17.8. The number of carbonyl (C=O) groups is 2. The molecule has 0 saturated heterocycles. The van der Waals surface area contributed by atoms with E-state index in [2.05, 4.69) is 0 Å². The summed E-state index contributed by atoms with van der Waals surface area (Å²) in [6, 6.07) is 4.61. The maximum Gasteiger partial charge on any atom is 0.328 e. The molecule has 0 radical (unpaired) electrons. The maximum atomic E-state index is 12.6. The van der Waals surface area contributed by atoms with Crippen molar-refractivity contribution in [1.82, 2.24) is 0 Å². The molecule has 1 aliphatic rings. The number of hydrogen-bond donors (Lipinski definition) is 1. The second-order valence-corrected chi connectivity index (χ2v) is 5.49. The monoisotopic (exact) mass is 292 g/mol. The van der Waals surface area contributed by atoms with Gasteiger partial charge in [0.25, 0.3) is 5.91 Å². The van der Waals surface area contributed by atoms with E-state index in [1.165, 1.54) is 12.0 Å². The summed E-state index contributed by atoms with van der Waals surface area (Å²) in [5.74, 6) is -0.221. The fourth-order valence-corrected chi connectivity index (χ4v) is 2.34. The predicted molar refractivity (Wildman–Crippen MR) is 78.0 cm³/mol. The van der Waals surface area contributed by atoms with Crippen LogP contribution in [0.15, 0.2) is 18.2 Å². The second kappa shape index (κ2) is 5.37. The molecule has 0 bridgehead atoms. The summed E-state index contributed by atoms with van der Waals surface area (Å²) in [4.78, 5) is 25.8. The summed E-state index contributed by atoms with van der Waals surface area (Å²) in [6.45, 7) is 5.35. The molecule has 1 atom stereocenters. The first-order valence-corrected chi connectivity index (χ1v) is 6.75. The summed E-state index contributed by atoms with van der Waals surface area (Å²) in [5, 5.41) is 0. The Morgan fingerprint density at radius 1 is 1.48 bits per heavy atom. The zero-order valence-corrected chi connectivity index (χ0v) is 12.7. The van der Waals surface area contributed by atoms with E-state index in [4.69, 9.17) is 15.2 Å². The molecule has 1 aliphatic heterocycles. The molecule has 0 aromatic heterocycles. The lowest BCUT2D eigenvalue weighted by Crippen LogP contribution is -2.57. The molecule has 21 heavy (non-hydrogen) atoms. The Morgan fingerprint density at radius 3 is 2.71 bits per heavy atom. The summed E-state index contributed by atoms with van der Waals surface area (Å²) in [5.41, 5.74) is 6.02. The average molecular weight is 292 g/mol.